The van der Waals surface area contributed by atoms with Gasteiger partial charge in [-0.1, -0.05) is 42.5 Å². The van der Waals surface area contributed by atoms with Crippen molar-refractivity contribution in [1.82, 2.24) is 4.98 Å². The molecule has 0 aliphatic heterocycles. The molecule has 106 valence electrons. The van der Waals surface area contributed by atoms with Gasteiger partial charge in [0.2, 0.25) is 0 Å². The normalized spacial score (nSPS) is 12.3. The van der Waals surface area contributed by atoms with Crippen molar-refractivity contribution in [1.29, 1.82) is 0 Å². The van der Waals surface area contributed by atoms with E-state index >= 15 is 0 Å². The van der Waals surface area contributed by atoms with Gasteiger partial charge in [0.15, 0.2) is 0 Å². The van der Waals surface area contributed by atoms with Gasteiger partial charge in [0.05, 0.1) is 12.6 Å². The van der Waals surface area contributed by atoms with Crippen molar-refractivity contribution in [2.24, 2.45) is 5.73 Å². The largest absolute Gasteiger partial charge is 0.494 e. The Kier molecular flexibility index (Phi) is 3.84. The van der Waals surface area contributed by atoms with E-state index < -0.39 is 0 Å². The van der Waals surface area contributed by atoms with Gasteiger partial charge in [-0.2, -0.15) is 0 Å². The number of nitrogens with two attached hydrogens (primary N) is 1. The van der Waals surface area contributed by atoms with E-state index in [1.54, 1.807) is 0 Å². The summed E-state index contributed by atoms with van der Waals surface area (Å²) in [6.45, 7) is 2.60. The van der Waals surface area contributed by atoms with Crippen LogP contribution >= 0.6 is 0 Å². The number of hydrogen-bond donors (Lipinski definition) is 1. The van der Waals surface area contributed by atoms with Crippen LogP contribution in [-0.2, 0) is 0 Å². The molecular formula is C18H18N2O. The van der Waals surface area contributed by atoms with Gasteiger partial charge >= 0.3 is 0 Å². The molecule has 3 rings (SSSR count). The third-order valence-electron chi connectivity index (χ3n) is 3.59. The maximum Gasteiger partial charge on any atom is 0.124 e. The molecule has 0 spiro atoms. The first-order valence-corrected chi connectivity index (χ1v) is 7.11. The minimum Gasteiger partial charge on any atom is -0.494 e. The molecule has 3 aromatic rings. The summed E-state index contributed by atoms with van der Waals surface area (Å²) in [6, 6.07) is 15.8. The molecule has 0 radical (unpaired) electrons. The van der Waals surface area contributed by atoms with Crippen molar-refractivity contribution in [3.63, 3.8) is 0 Å². The van der Waals surface area contributed by atoms with Crippen LogP contribution in [0.1, 0.15) is 24.1 Å². The molecule has 21 heavy (non-hydrogen) atoms. The Hall–Kier alpha value is -2.39. The van der Waals surface area contributed by atoms with E-state index in [9.17, 15) is 0 Å². The molecule has 2 N–H and O–H groups in total. The van der Waals surface area contributed by atoms with Crippen molar-refractivity contribution < 1.29 is 4.74 Å². The monoisotopic (exact) mass is 278 g/mol. The number of pyridine rings is 1. The molecule has 1 aromatic heterocycles. The van der Waals surface area contributed by atoms with Crippen molar-refractivity contribution >= 4 is 10.8 Å². The van der Waals surface area contributed by atoms with Crippen LogP contribution in [0.15, 0.2) is 60.9 Å². The van der Waals surface area contributed by atoms with Gasteiger partial charge in [0.1, 0.15) is 5.75 Å². The topological polar surface area (TPSA) is 48.1 Å². The number of rotatable bonds is 4. The van der Waals surface area contributed by atoms with Crippen LogP contribution in [0.2, 0.25) is 0 Å². The molecule has 0 saturated heterocycles. The number of para-hydroxylation sites is 1. The molecule has 0 saturated carbocycles. The molecule has 0 bridgehead atoms. The molecule has 1 heterocycles. The highest BCUT2D eigenvalue weighted by molar-refractivity contribution is 5.85. The van der Waals surface area contributed by atoms with E-state index in [-0.39, 0.29) is 6.04 Å². The summed E-state index contributed by atoms with van der Waals surface area (Å²) < 4.78 is 5.69. The fourth-order valence-electron chi connectivity index (χ4n) is 2.58. The van der Waals surface area contributed by atoms with Gasteiger partial charge in [-0.3, -0.25) is 4.98 Å². The number of fused-ring (bicyclic) bond motifs is 1. The van der Waals surface area contributed by atoms with Gasteiger partial charge < -0.3 is 10.5 Å². The molecule has 0 fully saturated rings. The Morgan fingerprint density at radius 3 is 2.62 bits per heavy atom. The standard InChI is InChI=1S/C18H18N2O/c1-2-21-17-10-6-5-9-15(17)18(19)16-12-20-11-13-7-3-4-8-14(13)16/h3-12,18H,2,19H2,1H3. The highest BCUT2D eigenvalue weighted by Gasteiger charge is 2.16. The third-order valence-corrected chi connectivity index (χ3v) is 3.59. The zero-order valence-electron chi connectivity index (χ0n) is 12.0. The number of benzene rings is 2. The summed E-state index contributed by atoms with van der Waals surface area (Å²) in [5.41, 5.74) is 8.49. The second-order valence-electron chi connectivity index (χ2n) is 4.90. The molecule has 0 aliphatic carbocycles. The molecule has 0 aliphatic rings. The SMILES string of the molecule is CCOc1ccccc1C(N)c1cncc2ccccc12. The highest BCUT2D eigenvalue weighted by Crippen LogP contribution is 2.31. The number of nitrogens with zero attached hydrogens (tertiary/aromatic N) is 1. The summed E-state index contributed by atoms with van der Waals surface area (Å²) in [6.07, 6.45) is 3.70. The molecular weight excluding hydrogens is 260 g/mol. The molecule has 1 atom stereocenters. The van der Waals surface area contributed by atoms with Crippen molar-refractivity contribution in [2.45, 2.75) is 13.0 Å². The van der Waals surface area contributed by atoms with E-state index in [1.165, 1.54) is 0 Å². The number of aromatic nitrogens is 1. The maximum absolute atomic E-state index is 6.49. The second kappa shape index (κ2) is 5.94. The van der Waals surface area contributed by atoms with Crippen LogP contribution in [0.5, 0.6) is 5.75 Å². The molecule has 3 heteroatoms. The van der Waals surface area contributed by atoms with Crippen LogP contribution in [0.4, 0.5) is 0 Å². The first-order valence-electron chi connectivity index (χ1n) is 7.11. The molecule has 0 amide bonds. The Balaban J connectivity index is 2.11. The zero-order chi connectivity index (χ0) is 14.7. The van der Waals surface area contributed by atoms with Crippen LogP contribution in [0.25, 0.3) is 10.8 Å². The van der Waals surface area contributed by atoms with Gasteiger partial charge in [-0.15, -0.1) is 0 Å². The minimum atomic E-state index is -0.258. The van der Waals surface area contributed by atoms with Crippen LogP contribution in [-0.4, -0.2) is 11.6 Å². The lowest BCUT2D eigenvalue weighted by Gasteiger charge is -2.18. The number of hydrogen-bond acceptors (Lipinski definition) is 3. The first kappa shape index (κ1) is 13.6. The van der Waals surface area contributed by atoms with Gasteiger partial charge in [0.25, 0.3) is 0 Å². The summed E-state index contributed by atoms with van der Waals surface area (Å²) in [7, 11) is 0. The zero-order valence-corrected chi connectivity index (χ0v) is 12.0. The van der Waals surface area contributed by atoms with Crippen LogP contribution < -0.4 is 10.5 Å². The molecule has 1 unspecified atom stereocenters. The second-order valence-corrected chi connectivity index (χ2v) is 4.90. The van der Waals surface area contributed by atoms with Crippen LogP contribution in [0, 0.1) is 0 Å². The fourth-order valence-corrected chi connectivity index (χ4v) is 2.58. The summed E-state index contributed by atoms with van der Waals surface area (Å²) in [5, 5.41) is 2.23. The Morgan fingerprint density at radius 2 is 1.76 bits per heavy atom. The van der Waals surface area contributed by atoms with Gasteiger partial charge in [0, 0.05) is 23.3 Å². The summed E-state index contributed by atoms with van der Waals surface area (Å²) >= 11 is 0. The van der Waals surface area contributed by atoms with Gasteiger partial charge in [-0.25, -0.2) is 0 Å². The van der Waals surface area contributed by atoms with E-state index in [2.05, 4.69) is 11.1 Å². The summed E-state index contributed by atoms with van der Waals surface area (Å²) in [5.74, 6) is 0.834. The van der Waals surface area contributed by atoms with E-state index in [1.807, 2.05) is 61.8 Å². The van der Waals surface area contributed by atoms with Crippen molar-refractivity contribution in [2.75, 3.05) is 6.61 Å². The van der Waals surface area contributed by atoms with E-state index in [0.29, 0.717) is 6.61 Å². The smallest absolute Gasteiger partial charge is 0.124 e. The van der Waals surface area contributed by atoms with Crippen molar-refractivity contribution in [3.8, 4) is 5.75 Å². The quantitative estimate of drug-likeness (QED) is 0.792. The van der Waals surface area contributed by atoms with E-state index in [0.717, 1.165) is 27.6 Å². The average Bonchev–Trinajstić information content (AvgIpc) is 2.54. The Labute approximate surface area is 124 Å². The first-order chi connectivity index (χ1) is 10.3. The van der Waals surface area contributed by atoms with Gasteiger partial charge in [-0.05, 0) is 23.9 Å². The third kappa shape index (κ3) is 2.60. The summed E-state index contributed by atoms with van der Waals surface area (Å²) in [4.78, 5) is 4.31. The minimum absolute atomic E-state index is 0.258. The lowest BCUT2D eigenvalue weighted by Crippen LogP contribution is -2.14. The fraction of sp³-hybridized carbons (Fsp3) is 0.167. The lowest BCUT2D eigenvalue weighted by atomic mass is 9.96. The predicted molar refractivity (Wildman–Crippen MR) is 85.4 cm³/mol. The number of ether oxygens (including phenoxy) is 1. The molecule has 2 aromatic carbocycles. The Morgan fingerprint density at radius 1 is 1.00 bits per heavy atom. The lowest BCUT2D eigenvalue weighted by molar-refractivity contribution is 0.335. The van der Waals surface area contributed by atoms with Crippen molar-refractivity contribution in [3.05, 3.63) is 72.1 Å². The average molecular weight is 278 g/mol. The van der Waals surface area contributed by atoms with Crippen LogP contribution in [0.3, 0.4) is 0 Å². The Bertz CT molecular complexity index is 750. The highest BCUT2D eigenvalue weighted by atomic mass is 16.5. The predicted octanol–water partition coefficient (Wildman–Crippen LogP) is 3.68. The van der Waals surface area contributed by atoms with E-state index in [4.69, 9.17) is 10.5 Å². The molecule has 3 nitrogen and oxygen atoms in total. The maximum atomic E-state index is 6.49.